The summed E-state index contributed by atoms with van der Waals surface area (Å²) in [6.45, 7) is 3.92. The number of ether oxygens (including phenoxy) is 1. The Labute approximate surface area is 179 Å². The molecule has 0 atom stereocenters. The molecule has 1 aromatic heterocycles. The Bertz CT molecular complexity index is 1170. The zero-order valence-corrected chi connectivity index (χ0v) is 17.4. The van der Waals surface area contributed by atoms with Gasteiger partial charge in [0.25, 0.3) is 0 Å². The van der Waals surface area contributed by atoms with Crippen LogP contribution in [0.2, 0.25) is 5.02 Å². The van der Waals surface area contributed by atoms with Gasteiger partial charge in [-0.15, -0.1) is 0 Å². The number of fused-ring (bicyclic) bond motifs is 1. The summed E-state index contributed by atoms with van der Waals surface area (Å²) in [5.74, 6) is 0.804. The summed E-state index contributed by atoms with van der Waals surface area (Å²) < 4.78 is 11.6. The van der Waals surface area contributed by atoms with Crippen LogP contribution in [0, 0.1) is 0 Å². The second-order valence-corrected chi connectivity index (χ2v) is 7.55. The largest absolute Gasteiger partial charge is 0.491 e. The number of benzene rings is 3. The molecule has 3 aromatic carbocycles. The highest BCUT2D eigenvalue weighted by Crippen LogP contribution is 2.27. The molecule has 0 unspecified atom stereocenters. The van der Waals surface area contributed by atoms with Gasteiger partial charge in [-0.1, -0.05) is 35.9 Å². The van der Waals surface area contributed by atoms with Crippen molar-refractivity contribution in [1.29, 1.82) is 0 Å². The van der Waals surface area contributed by atoms with Crippen molar-refractivity contribution in [3.8, 4) is 5.75 Å². The lowest BCUT2D eigenvalue weighted by Crippen LogP contribution is -2.06. The number of allylic oxidation sites excluding steroid dienone is 1. The van der Waals surface area contributed by atoms with Gasteiger partial charge in [0.1, 0.15) is 11.3 Å². The van der Waals surface area contributed by atoms with Crippen LogP contribution in [0.1, 0.15) is 35.7 Å². The highest BCUT2D eigenvalue weighted by atomic mass is 35.5. The second kappa shape index (κ2) is 8.56. The van der Waals surface area contributed by atoms with Crippen molar-refractivity contribution in [2.45, 2.75) is 20.0 Å². The van der Waals surface area contributed by atoms with Crippen molar-refractivity contribution < 1.29 is 13.9 Å². The number of Topliss-reactive ketones (excluding diaryl/α,β-unsaturated/α-hetero) is 1. The standard InChI is InChI=1S/C25H20ClNO3/c1-16(2)29-20-13-9-18(10-14-20)24(28)21(15-17-7-11-19(26)12-8-17)25-27-22-5-3-4-6-23(22)30-25/h3-16H,1-2H3. The Morgan fingerprint density at radius 2 is 1.70 bits per heavy atom. The lowest BCUT2D eigenvalue weighted by Gasteiger charge is -2.10. The van der Waals surface area contributed by atoms with Crippen molar-refractivity contribution >= 4 is 40.1 Å². The number of ketones is 1. The molecule has 0 fully saturated rings. The second-order valence-electron chi connectivity index (χ2n) is 7.12. The number of carbonyl (C=O) groups excluding carboxylic acids is 1. The van der Waals surface area contributed by atoms with E-state index in [1.807, 2.05) is 50.2 Å². The minimum atomic E-state index is -0.187. The van der Waals surface area contributed by atoms with E-state index in [1.165, 1.54) is 0 Å². The van der Waals surface area contributed by atoms with Gasteiger partial charge in [0, 0.05) is 10.6 Å². The molecule has 1 heterocycles. The normalized spacial score (nSPS) is 11.8. The number of hydrogen-bond donors (Lipinski definition) is 0. The van der Waals surface area contributed by atoms with Gasteiger partial charge in [0.05, 0.1) is 11.7 Å². The van der Waals surface area contributed by atoms with Gasteiger partial charge in [-0.25, -0.2) is 4.98 Å². The molecule has 0 aliphatic rings. The summed E-state index contributed by atoms with van der Waals surface area (Å²) in [5.41, 5.74) is 3.04. The van der Waals surface area contributed by atoms with E-state index in [4.69, 9.17) is 20.8 Å². The lowest BCUT2D eigenvalue weighted by atomic mass is 10.0. The molecule has 150 valence electrons. The Morgan fingerprint density at radius 3 is 2.37 bits per heavy atom. The van der Waals surface area contributed by atoms with Crippen LogP contribution < -0.4 is 4.74 Å². The van der Waals surface area contributed by atoms with Crippen LogP contribution in [0.15, 0.2) is 77.2 Å². The molecule has 0 saturated heterocycles. The Hall–Kier alpha value is -3.37. The van der Waals surface area contributed by atoms with Crippen molar-refractivity contribution in [1.82, 2.24) is 4.98 Å². The summed E-state index contributed by atoms with van der Waals surface area (Å²) in [6.07, 6.45) is 1.83. The number of halogens is 1. The summed E-state index contributed by atoms with van der Waals surface area (Å²) in [7, 11) is 0. The van der Waals surface area contributed by atoms with Crippen LogP contribution in [-0.4, -0.2) is 16.9 Å². The molecule has 0 aliphatic carbocycles. The molecular formula is C25H20ClNO3. The fourth-order valence-electron chi connectivity index (χ4n) is 3.05. The Balaban J connectivity index is 1.76. The SMILES string of the molecule is CC(C)Oc1ccc(C(=O)C(=Cc2ccc(Cl)cc2)c2nc3ccccc3o2)cc1. The van der Waals surface area contributed by atoms with Crippen LogP contribution in [0.4, 0.5) is 0 Å². The van der Waals surface area contributed by atoms with Gasteiger partial charge >= 0.3 is 0 Å². The zero-order valence-electron chi connectivity index (χ0n) is 16.6. The molecule has 0 radical (unpaired) electrons. The maximum Gasteiger partial charge on any atom is 0.231 e. The van der Waals surface area contributed by atoms with Gasteiger partial charge in [-0.3, -0.25) is 4.79 Å². The first-order valence-corrected chi connectivity index (χ1v) is 10.0. The van der Waals surface area contributed by atoms with Gasteiger partial charge < -0.3 is 9.15 Å². The molecule has 4 rings (SSSR count). The summed E-state index contributed by atoms with van der Waals surface area (Å²) in [6, 6.07) is 21.8. The predicted octanol–water partition coefficient (Wildman–Crippen LogP) is 6.69. The fourth-order valence-corrected chi connectivity index (χ4v) is 3.18. The molecule has 0 aliphatic heterocycles. The lowest BCUT2D eigenvalue weighted by molar-refractivity contribution is 0.105. The number of carbonyl (C=O) groups is 1. The summed E-state index contributed by atoms with van der Waals surface area (Å²) >= 11 is 6.00. The zero-order chi connectivity index (χ0) is 21.1. The van der Waals surface area contributed by atoms with Crippen LogP contribution >= 0.6 is 11.6 Å². The van der Waals surface area contributed by atoms with Crippen molar-refractivity contribution in [2.75, 3.05) is 0 Å². The van der Waals surface area contributed by atoms with E-state index in [9.17, 15) is 4.79 Å². The van der Waals surface area contributed by atoms with Crippen LogP contribution in [0.3, 0.4) is 0 Å². The minimum Gasteiger partial charge on any atom is -0.491 e. The monoisotopic (exact) mass is 417 g/mol. The molecule has 0 bridgehead atoms. The minimum absolute atomic E-state index is 0.0617. The quantitative estimate of drug-likeness (QED) is 0.259. The number of nitrogens with zero attached hydrogens (tertiary/aromatic N) is 1. The third kappa shape index (κ3) is 4.44. The van der Waals surface area contributed by atoms with E-state index in [2.05, 4.69) is 4.98 Å². The molecule has 5 heteroatoms. The maximum atomic E-state index is 13.4. The number of rotatable bonds is 6. The third-order valence-electron chi connectivity index (χ3n) is 4.44. The first kappa shape index (κ1) is 19.9. The van der Waals surface area contributed by atoms with Gasteiger partial charge in [-0.2, -0.15) is 0 Å². The highest BCUT2D eigenvalue weighted by molar-refractivity contribution is 6.32. The highest BCUT2D eigenvalue weighted by Gasteiger charge is 2.20. The van der Waals surface area contributed by atoms with Crippen LogP contribution in [0.25, 0.3) is 22.7 Å². The molecule has 4 nitrogen and oxygen atoms in total. The molecule has 4 aromatic rings. The van der Waals surface area contributed by atoms with Crippen LogP contribution in [-0.2, 0) is 0 Å². The van der Waals surface area contributed by atoms with Crippen molar-refractivity contribution in [3.05, 3.63) is 94.8 Å². The third-order valence-corrected chi connectivity index (χ3v) is 4.69. The van der Waals surface area contributed by atoms with E-state index in [0.717, 1.165) is 5.56 Å². The van der Waals surface area contributed by atoms with Gasteiger partial charge in [-0.05, 0) is 74.0 Å². The van der Waals surface area contributed by atoms with E-state index in [-0.39, 0.29) is 17.8 Å². The number of hydrogen-bond acceptors (Lipinski definition) is 4. The Morgan fingerprint density at radius 1 is 1.00 bits per heavy atom. The van der Waals surface area contributed by atoms with Crippen molar-refractivity contribution in [3.63, 3.8) is 0 Å². The van der Waals surface area contributed by atoms with E-state index in [1.54, 1.807) is 42.5 Å². The van der Waals surface area contributed by atoms with E-state index in [0.29, 0.717) is 33.0 Å². The molecule has 0 saturated carbocycles. The maximum absolute atomic E-state index is 13.4. The molecule has 0 amide bonds. The molecule has 0 N–H and O–H groups in total. The number of para-hydroxylation sites is 2. The summed E-state index contributed by atoms with van der Waals surface area (Å²) in [5, 5.41) is 0.627. The van der Waals surface area contributed by atoms with Gasteiger partial charge in [0.2, 0.25) is 5.89 Å². The van der Waals surface area contributed by atoms with Crippen LogP contribution in [0.5, 0.6) is 5.75 Å². The number of oxazole rings is 1. The smallest absolute Gasteiger partial charge is 0.231 e. The Kier molecular flexibility index (Phi) is 5.68. The molecule has 30 heavy (non-hydrogen) atoms. The first-order chi connectivity index (χ1) is 14.5. The van der Waals surface area contributed by atoms with E-state index >= 15 is 0 Å². The predicted molar refractivity (Wildman–Crippen MR) is 120 cm³/mol. The van der Waals surface area contributed by atoms with E-state index < -0.39 is 0 Å². The first-order valence-electron chi connectivity index (χ1n) is 9.64. The summed E-state index contributed by atoms with van der Waals surface area (Å²) in [4.78, 5) is 17.9. The molecule has 0 spiro atoms. The van der Waals surface area contributed by atoms with Gasteiger partial charge in [0.15, 0.2) is 11.4 Å². The molecular weight excluding hydrogens is 398 g/mol. The number of aromatic nitrogens is 1. The average Bonchev–Trinajstić information content (AvgIpc) is 3.17. The van der Waals surface area contributed by atoms with Crippen molar-refractivity contribution in [2.24, 2.45) is 0 Å². The average molecular weight is 418 g/mol. The fraction of sp³-hybridized carbons (Fsp3) is 0.120. The topological polar surface area (TPSA) is 52.3 Å².